The Bertz CT molecular complexity index is 622. The number of hydrogen-bond donors (Lipinski definition) is 2. The highest BCUT2D eigenvalue weighted by molar-refractivity contribution is 5.81. The molecule has 0 radical (unpaired) electrons. The van der Waals surface area contributed by atoms with Gasteiger partial charge in [-0.05, 0) is 24.8 Å². The van der Waals surface area contributed by atoms with Gasteiger partial charge in [-0.1, -0.05) is 38.0 Å². The van der Waals surface area contributed by atoms with Crippen LogP contribution < -0.4 is 5.32 Å². The summed E-state index contributed by atoms with van der Waals surface area (Å²) in [4.78, 5) is 0. The van der Waals surface area contributed by atoms with E-state index in [-0.39, 0.29) is 0 Å². The third-order valence-electron chi connectivity index (χ3n) is 4.65. The second-order valence-corrected chi connectivity index (χ2v) is 6.62. The van der Waals surface area contributed by atoms with Crippen LogP contribution in [0, 0.1) is 5.92 Å². The molecule has 2 N–H and O–H groups in total. The Kier molecular flexibility index (Phi) is 4.00. The van der Waals surface area contributed by atoms with Crippen LogP contribution in [0.15, 0.2) is 24.3 Å². The summed E-state index contributed by atoms with van der Waals surface area (Å²) in [7, 11) is 1.97. The first-order chi connectivity index (χ1) is 10.1. The molecule has 2 unspecified atom stereocenters. The molecule has 2 atom stereocenters. The van der Waals surface area contributed by atoms with E-state index in [2.05, 4.69) is 29.5 Å². The lowest BCUT2D eigenvalue weighted by molar-refractivity contribution is -0.0119. The summed E-state index contributed by atoms with van der Waals surface area (Å²) in [6.07, 6.45) is 4.19. The Balaban J connectivity index is 1.64. The number of aliphatic hydroxyl groups is 1. The van der Waals surface area contributed by atoms with Crippen LogP contribution in [0.1, 0.15) is 38.3 Å². The van der Waals surface area contributed by atoms with E-state index in [1.54, 1.807) is 0 Å². The van der Waals surface area contributed by atoms with Crippen LogP contribution in [0.4, 0.5) is 0 Å². The number of nitrogens with one attached hydrogen (secondary N) is 1. The summed E-state index contributed by atoms with van der Waals surface area (Å²) in [5.41, 5.74) is 1.67. The van der Waals surface area contributed by atoms with Gasteiger partial charge in [-0.15, -0.1) is 0 Å². The van der Waals surface area contributed by atoms with Crippen LogP contribution in [0.2, 0.25) is 0 Å². The monoisotopic (exact) mass is 287 g/mol. The lowest BCUT2D eigenvalue weighted by Gasteiger charge is -2.35. The van der Waals surface area contributed by atoms with E-state index in [0.717, 1.165) is 30.5 Å². The average Bonchev–Trinajstić information content (AvgIpc) is 2.76. The molecule has 21 heavy (non-hydrogen) atoms. The highest BCUT2D eigenvalue weighted by Gasteiger charge is 2.32. The molecule has 1 fully saturated rings. The fourth-order valence-electron chi connectivity index (χ4n) is 3.63. The lowest BCUT2D eigenvalue weighted by atomic mass is 9.79. The zero-order valence-corrected chi connectivity index (χ0v) is 13.0. The molecule has 1 aromatic heterocycles. The Morgan fingerprint density at radius 3 is 3.05 bits per heavy atom. The van der Waals surface area contributed by atoms with Crippen LogP contribution in [-0.4, -0.2) is 27.0 Å². The predicted molar refractivity (Wildman–Crippen MR) is 85.0 cm³/mol. The van der Waals surface area contributed by atoms with E-state index < -0.39 is 5.60 Å². The van der Waals surface area contributed by atoms with Gasteiger partial charge in [-0.2, -0.15) is 5.10 Å². The van der Waals surface area contributed by atoms with Crippen LogP contribution in [0.3, 0.4) is 0 Å². The molecular formula is C17H25N3O. The molecule has 2 aromatic rings. The van der Waals surface area contributed by atoms with Crippen molar-refractivity contribution in [3.8, 4) is 0 Å². The molecule has 0 aliphatic heterocycles. The van der Waals surface area contributed by atoms with E-state index in [4.69, 9.17) is 0 Å². The van der Waals surface area contributed by atoms with Crippen molar-refractivity contribution in [1.29, 1.82) is 0 Å². The van der Waals surface area contributed by atoms with Crippen molar-refractivity contribution >= 4 is 10.9 Å². The maximum atomic E-state index is 10.7. The number of nitrogens with zero attached hydrogens (tertiary/aromatic N) is 2. The van der Waals surface area contributed by atoms with E-state index in [1.807, 2.05) is 23.9 Å². The Morgan fingerprint density at radius 1 is 1.43 bits per heavy atom. The SMILES string of the molecule is CC1CCCC(O)(CNCc2nn(C)c3ccccc23)C1. The van der Waals surface area contributed by atoms with Gasteiger partial charge in [0.25, 0.3) is 0 Å². The van der Waals surface area contributed by atoms with Crippen molar-refractivity contribution < 1.29 is 5.11 Å². The maximum Gasteiger partial charge on any atom is 0.0841 e. The van der Waals surface area contributed by atoms with Gasteiger partial charge in [0.2, 0.25) is 0 Å². The van der Waals surface area contributed by atoms with E-state index in [9.17, 15) is 5.11 Å². The summed E-state index contributed by atoms with van der Waals surface area (Å²) < 4.78 is 1.92. The highest BCUT2D eigenvalue weighted by Crippen LogP contribution is 2.31. The van der Waals surface area contributed by atoms with Crippen molar-refractivity contribution in [2.24, 2.45) is 13.0 Å². The minimum Gasteiger partial charge on any atom is -0.389 e. The molecule has 4 nitrogen and oxygen atoms in total. The number of aromatic nitrogens is 2. The summed E-state index contributed by atoms with van der Waals surface area (Å²) in [6, 6.07) is 8.27. The molecule has 4 heteroatoms. The number of aryl methyl sites for hydroxylation is 1. The first-order valence-corrected chi connectivity index (χ1v) is 7.91. The van der Waals surface area contributed by atoms with E-state index in [0.29, 0.717) is 19.0 Å². The summed E-state index contributed by atoms with van der Waals surface area (Å²) in [5.74, 6) is 0.626. The van der Waals surface area contributed by atoms with Crippen molar-refractivity contribution in [3.05, 3.63) is 30.0 Å². The molecule has 3 rings (SSSR count). The standard InChI is InChI=1S/C17H25N3O/c1-13-6-5-9-17(21,10-13)12-18-11-15-14-7-3-4-8-16(14)20(2)19-15/h3-4,7-8,13,18,21H,5-6,9-12H2,1-2H3. The van der Waals surface area contributed by atoms with Gasteiger partial charge >= 0.3 is 0 Å². The van der Waals surface area contributed by atoms with Crippen molar-refractivity contribution in [2.75, 3.05) is 6.54 Å². The quantitative estimate of drug-likeness (QED) is 0.909. The molecule has 0 bridgehead atoms. The molecule has 1 aliphatic carbocycles. The fraction of sp³-hybridized carbons (Fsp3) is 0.588. The largest absolute Gasteiger partial charge is 0.389 e. The van der Waals surface area contributed by atoms with Gasteiger partial charge in [0.15, 0.2) is 0 Å². The molecule has 114 valence electrons. The summed E-state index contributed by atoms with van der Waals surface area (Å²) in [5, 5.41) is 19.8. The topological polar surface area (TPSA) is 50.1 Å². The van der Waals surface area contributed by atoms with Gasteiger partial charge in [0.1, 0.15) is 0 Å². The zero-order chi connectivity index (χ0) is 14.9. The molecule has 0 spiro atoms. The number of rotatable bonds is 4. The molecule has 0 saturated heterocycles. The summed E-state index contributed by atoms with van der Waals surface area (Å²) >= 11 is 0. The van der Waals surface area contributed by atoms with Crippen LogP contribution in [0.25, 0.3) is 10.9 Å². The fourth-order valence-corrected chi connectivity index (χ4v) is 3.63. The Morgan fingerprint density at radius 2 is 2.24 bits per heavy atom. The first kappa shape index (κ1) is 14.5. The number of para-hydroxylation sites is 1. The van der Waals surface area contributed by atoms with Gasteiger partial charge in [0.05, 0.1) is 16.8 Å². The van der Waals surface area contributed by atoms with Gasteiger partial charge < -0.3 is 10.4 Å². The normalized spacial score (nSPS) is 26.3. The van der Waals surface area contributed by atoms with Crippen molar-refractivity contribution in [3.63, 3.8) is 0 Å². The predicted octanol–water partition coefficient (Wildman–Crippen LogP) is 2.60. The van der Waals surface area contributed by atoms with Crippen molar-refractivity contribution in [2.45, 2.75) is 44.8 Å². The number of fused-ring (bicyclic) bond motifs is 1. The Labute approximate surface area is 126 Å². The van der Waals surface area contributed by atoms with E-state index in [1.165, 1.54) is 11.8 Å². The number of hydrogen-bond acceptors (Lipinski definition) is 3. The highest BCUT2D eigenvalue weighted by atomic mass is 16.3. The molecule has 1 heterocycles. The second-order valence-electron chi connectivity index (χ2n) is 6.62. The van der Waals surface area contributed by atoms with Crippen molar-refractivity contribution in [1.82, 2.24) is 15.1 Å². The zero-order valence-electron chi connectivity index (χ0n) is 13.0. The Hall–Kier alpha value is -1.39. The lowest BCUT2D eigenvalue weighted by Crippen LogP contribution is -2.43. The van der Waals surface area contributed by atoms with Crippen LogP contribution in [-0.2, 0) is 13.6 Å². The maximum absolute atomic E-state index is 10.7. The smallest absolute Gasteiger partial charge is 0.0841 e. The van der Waals surface area contributed by atoms with Gasteiger partial charge in [0, 0.05) is 25.5 Å². The van der Waals surface area contributed by atoms with Gasteiger partial charge in [-0.25, -0.2) is 0 Å². The third kappa shape index (κ3) is 3.11. The van der Waals surface area contributed by atoms with Gasteiger partial charge in [-0.3, -0.25) is 4.68 Å². The summed E-state index contributed by atoms with van der Waals surface area (Å²) in [6.45, 7) is 3.59. The third-order valence-corrected chi connectivity index (χ3v) is 4.65. The molecule has 1 aromatic carbocycles. The molecule has 0 amide bonds. The molecular weight excluding hydrogens is 262 g/mol. The second kappa shape index (κ2) is 5.78. The average molecular weight is 287 g/mol. The van der Waals surface area contributed by atoms with Crippen LogP contribution >= 0.6 is 0 Å². The number of benzene rings is 1. The van der Waals surface area contributed by atoms with E-state index >= 15 is 0 Å². The van der Waals surface area contributed by atoms with Crippen LogP contribution in [0.5, 0.6) is 0 Å². The molecule has 1 saturated carbocycles. The minimum absolute atomic E-state index is 0.539. The first-order valence-electron chi connectivity index (χ1n) is 7.91. The molecule has 1 aliphatic rings. The minimum atomic E-state index is -0.539.